The van der Waals surface area contributed by atoms with Crippen LogP contribution in [0.25, 0.3) is 17.0 Å². The first-order valence-electron chi connectivity index (χ1n) is 6.01. The van der Waals surface area contributed by atoms with Gasteiger partial charge in [0.1, 0.15) is 5.58 Å². The summed E-state index contributed by atoms with van der Waals surface area (Å²) in [7, 11) is 0. The first-order chi connectivity index (χ1) is 8.46. The highest BCUT2D eigenvalue weighted by Crippen LogP contribution is 2.38. The fourth-order valence-corrected chi connectivity index (χ4v) is 2.50. The van der Waals surface area contributed by atoms with Crippen molar-refractivity contribution in [3.8, 4) is 0 Å². The third kappa shape index (κ3) is 1.63. The maximum atomic E-state index is 11.4. The molecule has 0 saturated carbocycles. The van der Waals surface area contributed by atoms with Gasteiger partial charge in [-0.3, -0.25) is 0 Å². The fraction of sp³-hybridized carbons (Fsp3) is 0.267. The van der Waals surface area contributed by atoms with Crippen molar-refractivity contribution >= 4 is 22.7 Å². The smallest absolute Gasteiger partial charge is 0.336 e. The molecule has 18 heavy (non-hydrogen) atoms. The summed E-state index contributed by atoms with van der Waals surface area (Å²) in [5.41, 5.74) is 9.30. The Labute approximate surface area is 105 Å². The van der Waals surface area contributed by atoms with Gasteiger partial charge in [0.05, 0.1) is 0 Å². The molecule has 0 radical (unpaired) electrons. The molecular formula is C15H15NO2. The Morgan fingerprint density at radius 1 is 1.33 bits per heavy atom. The molecule has 3 nitrogen and oxygen atoms in total. The van der Waals surface area contributed by atoms with Crippen molar-refractivity contribution in [1.82, 2.24) is 0 Å². The van der Waals surface area contributed by atoms with Crippen molar-refractivity contribution in [3.05, 3.63) is 45.8 Å². The number of nitrogen functional groups attached to an aromatic ring is 1. The van der Waals surface area contributed by atoms with E-state index < -0.39 is 0 Å². The van der Waals surface area contributed by atoms with E-state index in [0.29, 0.717) is 5.58 Å². The summed E-state index contributed by atoms with van der Waals surface area (Å²) >= 11 is 0. The van der Waals surface area contributed by atoms with Gasteiger partial charge in [0, 0.05) is 22.7 Å². The normalized spacial score (nSPS) is 16.8. The summed E-state index contributed by atoms with van der Waals surface area (Å²) in [4.78, 5) is 11.4. The molecule has 1 aromatic carbocycles. The van der Waals surface area contributed by atoms with Crippen LogP contribution in [0.3, 0.4) is 0 Å². The molecule has 0 amide bonds. The Morgan fingerprint density at radius 2 is 2.11 bits per heavy atom. The van der Waals surface area contributed by atoms with Gasteiger partial charge in [-0.1, -0.05) is 26.0 Å². The van der Waals surface area contributed by atoms with Gasteiger partial charge < -0.3 is 10.2 Å². The van der Waals surface area contributed by atoms with Gasteiger partial charge in [-0.2, -0.15) is 0 Å². The molecule has 0 bridgehead atoms. The number of anilines is 1. The summed E-state index contributed by atoms with van der Waals surface area (Å²) in [6.07, 6.45) is 5.01. The lowest BCUT2D eigenvalue weighted by Crippen LogP contribution is -2.17. The maximum absolute atomic E-state index is 11.4. The highest BCUT2D eigenvalue weighted by Gasteiger charge is 2.24. The van der Waals surface area contributed by atoms with Crippen molar-refractivity contribution in [1.29, 1.82) is 0 Å². The van der Waals surface area contributed by atoms with Crippen LogP contribution in [-0.4, -0.2) is 0 Å². The topological polar surface area (TPSA) is 56.2 Å². The summed E-state index contributed by atoms with van der Waals surface area (Å²) in [5, 5.41) is 0.871. The lowest BCUT2D eigenvalue weighted by atomic mass is 9.78. The molecule has 3 rings (SSSR count). The number of hydrogen-bond donors (Lipinski definition) is 1. The second kappa shape index (κ2) is 3.48. The lowest BCUT2D eigenvalue weighted by molar-refractivity contribution is 0.474. The van der Waals surface area contributed by atoms with Crippen LogP contribution in [0.4, 0.5) is 5.69 Å². The standard InChI is InChI=1S/C15H15NO2/c1-15(2)6-5-10-11(8-15)12(16)7-9-3-4-13(17)18-14(9)10/h3-7H,8,16H2,1-2H3. The van der Waals surface area contributed by atoms with Crippen LogP contribution in [0.1, 0.15) is 25.0 Å². The van der Waals surface area contributed by atoms with Crippen molar-refractivity contribution in [2.45, 2.75) is 20.3 Å². The second-order valence-electron chi connectivity index (χ2n) is 5.53. The zero-order valence-corrected chi connectivity index (χ0v) is 10.5. The Hall–Kier alpha value is -2.03. The van der Waals surface area contributed by atoms with Gasteiger partial charge in [-0.25, -0.2) is 4.79 Å². The Balaban J connectivity index is 2.40. The Kier molecular flexibility index (Phi) is 2.14. The SMILES string of the molecule is CC1(C)C=Cc2c(c(N)cc3ccc(=O)oc23)C1. The van der Waals surface area contributed by atoms with E-state index in [1.165, 1.54) is 6.07 Å². The van der Waals surface area contributed by atoms with Gasteiger partial charge in [-0.05, 0) is 29.5 Å². The third-order valence-electron chi connectivity index (χ3n) is 3.43. The van der Waals surface area contributed by atoms with Crippen LogP contribution in [0.5, 0.6) is 0 Å². The van der Waals surface area contributed by atoms with E-state index in [1.807, 2.05) is 12.1 Å². The maximum Gasteiger partial charge on any atom is 0.336 e. The van der Waals surface area contributed by atoms with E-state index in [2.05, 4.69) is 19.9 Å². The van der Waals surface area contributed by atoms with Crippen molar-refractivity contribution in [3.63, 3.8) is 0 Å². The molecule has 0 spiro atoms. The third-order valence-corrected chi connectivity index (χ3v) is 3.43. The minimum atomic E-state index is -0.326. The van der Waals surface area contributed by atoms with Gasteiger partial charge in [0.15, 0.2) is 0 Å². The van der Waals surface area contributed by atoms with Crippen LogP contribution in [0.15, 0.2) is 33.5 Å². The van der Waals surface area contributed by atoms with Gasteiger partial charge in [-0.15, -0.1) is 0 Å². The molecule has 1 aliphatic rings. The monoisotopic (exact) mass is 241 g/mol. The molecule has 0 atom stereocenters. The first kappa shape index (κ1) is 11.1. The number of benzene rings is 1. The van der Waals surface area contributed by atoms with E-state index in [4.69, 9.17) is 10.2 Å². The van der Waals surface area contributed by atoms with Crippen molar-refractivity contribution in [2.75, 3.05) is 5.73 Å². The molecule has 0 unspecified atom stereocenters. The van der Waals surface area contributed by atoms with Crippen LogP contribution >= 0.6 is 0 Å². The highest BCUT2D eigenvalue weighted by atomic mass is 16.4. The van der Waals surface area contributed by atoms with Crippen LogP contribution in [0.2, 0.25) is 0 Å². The molecule has 0 aliphatic heterocycles. The van der Waals surface area contributed by atoms with Crippen LogP contribution in [0, 0.1) is 5.41 Å². The number of nitrogens with two attached hydrogens (primary N) is 1. The Morgan fingerprint density at radius 3 is 2.89 bits per heavy atom. The van der Waals surface area contributed by atoms with E-state index in [0.717, 1.165) is 28.6 Å². The quantitative estimate of drug-likeness (QED) is 0.570. The molecule has 1 heterocycles. The average molecular weight is 241 g/mol. The van der Waals surface area contributed by atoms with E-state index in [9.17, 15) is 4.79 Å². The predicted octanol–water partition coefficient (Wildman–Crippen LogP) is 2.97. The number of fused-ring (bicyclic) bond motifs is 3. The molecule has 1 aliphatic carbocycles. The summed E-state index contributed by atoms with van der Waals surface area (Å²) in [5.74, 6) is 0. The van der Waals surface area contributed by atoms with Gasteiger partial charge >= 0.3 is 5.63 Å². The lowest BCUT2D eigenvalue weighted by Gasteiger charge is -2.27. The molecule has 2 aromatic rings. The number of hydrogen-bond acceptors (Lipinski definition) is 3. The fourth-order valence-electron chi connectivity index (χ4n) is 2.50. The first-order valence-corrected chi connectivity index (χ1v) is 6.01. The van der Waals surface area contributed by atoms with Crippen molar-refractivity contribution in [2.24, 2.45) is 5.41 Å². The molecule has 2 N–H and O–H groups in total. The average Bonchev–Trinajstić information content (AvgIpc) is 2.29. The van der Waals surface area contributed by atoms with E-state index in [-0.39, 0.29) is 11.0 Å². The molecule has 0 fully saturated rings. The zero-order valence-electron chi connectivity index (χ0n) is 10.5. The molecule has 0 saturated heterocycles. The van der Waals surface area contributed by atoms with Crippen LogP contribution < -0.4 is 11.4 Å². The van der Waals surface area contributed by atoms with Crippen molar-refractivity contribution < 1.29 is 4.42 Å². The Bertz CT molecular complexity index is 723. The summed E-state index contributed by atoms with van der Waals surface area (Å²) in [6.45, 7) is 4.33. The zero-order chi connectivity index (χ0) is 12.9. The highest BCUT2D eigenvalue weighted by molar-refractivity contribution is 5.91. The number of rotatable bonds is 0. The largest absolute Gasteiger partial charge is 0.422 e. The summed E-state index contributed by atoms with van der Waals surface area (Å²) < 4.78 is 5.32. The molecular weight excluding hydrogens is 226 g/mol. The molecule has 92 valence electrons. The van der Waals surface area contributed by atoms with Crippen LogP contribution in [-0.2, 0) is 6.42 Å². The predicted molar refractivity (Wildman–Crippen MR) is 73.4 cm³/mol. The van der Waals surface area contributed by atoms with E-state index >= 15 is 0 Å². The molecule has 3 heteroatoms. The minimum Gasteiger partial charge on any atom is -0.422 e. The second-order valence-corrected chi connectivity index (χ2v) is 5.53. The van der Waals surface area contributed by atoms with Gasteiger partial charge in [0.25, 0.3) is 0 Å². The minimum absolute atomic E-state index is 0.0872. The van der Waals surface area contributed by atoms with E-state index in [1.54, 1.807) is 6.07 Å². The molecule has 1 aromatic heterocycles. The summed E-state index contributed by atoms with van der Waals surface area (Å²) in [6, 6.07) is 5.06. The number of allylic oxidation sites excluding steroid dienone is 1. The van der Waals surface area contributed by atoms with Gasteiger partial charge in [0.2, 0.25) is 0 Å².